The Hall–Kier alpha value is -2.32. The minimum absolute atomic E-state index is 0.106. The first kappa shape index (κ1) is 18.5. The van der Waals surface area contributed by atoms with E-state index in [9.17, 15) is 4.79 Å². The van der Waals surface area contributed by atoms with Gasteiger partial charge in [-0.2, -0.15) is 0 Å². The Labute approximate surface area is 160 Å². The number of hydrogen-bond donors (Lipinski definition) is 1. The van der Waals surface area contributed by atoms with Gasteiger partial charge in [-0.1, -0.05) is 30.0 Å². The lowest BCUT2D eigenvalue weighted by atomic mass is 10.3. The number of anilines is 1. The van der Waals surface area contributed by atoms with E-state index in [4.69, 9.17) is 4.74 Å². The zero-order valence-corrected chi connectivity index (χ0v) is 16.3. The molecule has 0 aliphatic heterocycles. The molecule has 0 spiro atoms. The van der Waals surface area contributed by atoms with E-state index < -0.39 is 0 Å². The molecule has 3 rings (SSSR count). The molecule has 1 N–H and O–H groups in total. The number of amides is 1. The second-order valence-corrected chi connectivity index (χ2v) is 7.18. The molecule has 0 aliphatic carbocycles. The fraction of sp³-hybridized carbons (Fsp3) is 0.278. The highest BCUT2D eigenvalue weighted by molar-refractivity contribution is 7.99. The number of para-hydroxylation sites is 2. The number of carbonyl (C=O) groups is 1. The van der Waals surface area contributed by atoms with Crippen molar-refractivity contribution in [3.8, 4) is 16.5 Å². The van der Waals surface area contributed by atoms with Crippen LogP contribution in [0.3, 0.4) is 0 Å². The smallest absolute Gasteiger partial charge is 0.234 e. The maximum absolute atomic E-state index is 12.3. The van der Waals surface area contributed by atoms with E-state index in [2.05, 4.69) is 15.5 Å². The van der Waals surface area contributed by atoms with Gasteiger partial charge >= 0.3 is 0 Å². The van der Waals surface area contributed by atoms with Gasteiger partial charge in [-0.05, 0) is 37.4 Å². The Balaban J connectivity index is 1.65. The topological polar surface area (TPSA) is 69.0 Å². The first-order chi connectivity index (χ1) is 12.7. The first-order valence-corrected chi connectivity index (χ1v) is 10.2. The Morgan fingerprint density at radius 1 is 1.23 bits per heavy atom. The van der Waals surface area contributed by atoms with Crippen LogP contribution in [0, 0.1) is 0 Å². The van der Waals surface area contributed by atoms with Gasteiger partial charge < -0.3 is 14.6 Å². The highest BCUT2D eigenvalue weighted by atomic mass is 32.2. The molecule has 8 heteroatoms. The average Bonchev–Trinajstić information content (AvgIpc) is 3.30. The van der Waals surface area contributed by atoms with Crippen molar-refractivity contribution in [2.45, 2.75) is 25.5 Å². The molecule has 0 aliphatic rings. The Bertz CT molecular complexity index is 862. The van der Waals surface area contributed by atoms with Gasteiger partial charge in [0.1, 0.15) is 5.75 Å². The van der Waals surface area contributed by atoms with Crippen LogP contribution in [-0.2, 0) is 11.3 Å². The van der Waals surface area contributed by atoms with Gasteiger partial charge in [0.05, 0.1) is 22.9 Å². The third-order valence-corrected chi connectivity index (χ3v) is 5.40. The van der Waals surface area contributed by atoms with Crippen LogP contribution in [0.25, 0.3) is 10.7 Å². The highest BCUT2D eigenvalue weighted by Crippen LogP contribution is 2.28. The van der Waals surface area contributed by atoms with E-state index in [1.165, 1.54) is 11.8 Å². The number of benzene rings is 1. The maximum Gasteiger partial charge on any atom is 0.234 e. The van der Waals surface area contributed by atoms with Crippen LogP contribution in [-0.4, -0.2) is 33.0 Å². The quantitative estimate of drug-likeness (QED) is 0.587. The molecule has 0 fully saturated rings. The van der Waals surface area contributed by atoms with Crippen molar-refractivity contribution in [3.05, 3.63) is 41.8 Å². The molecule has 2 aromatic heterocycles. The number of nitrogens with zero attached hydrogens (tertiary/aromatic N) is 3. The molecular weight excluding hydrogens is 368 g/mol. The van der Waals surface area contributed by atoms with Gasteiger partial charge in [0.2, 0.25) is 5.91 Å². The van der Waals surface area contributed by atoms with Crippen LogP contribution >= 0.6 is 23.1 Å². The number of thiophene rings is 1. The van der Waals surface area contributed by atoms with Crippen molar-refractivity contribution in [1.29, 1.82) is 0 Å². The summed E-state index contributed by atoms with van der Waals surface area (Å²) in [5.74, 6) is 1.66. The second-order valence-electron chi connectivity index (χ2n) is 5.29. The van der Waals surface area contributed by atoms with Crippen LogP contribution in [0.2, 0.25) is 0 Å². The summed E-state index contributed by atoms with van der Waals surface area (Å²) >= 11 is 3.00. The Kier molecular flexibility index (Phi) is 6.30. The van der Waals surface area contributed by atoms with Crippen LogP contribution in [0.5, 0.6) is 5.75 Å². The zero-order chi connectivity index (χ0) is 18.4. The molecule has 0 radical (unpaired) electrons. The molecule has 0 saturated heterocycles. The van der Waals surface area contributed by atoms with Crippen LogP contribution in [0.1, 0.15) is 13.8 Å². The minimum Gasteiger partial charge on any atom is -0.492 e. The first-order valence-electron chi connectivity index (χ1n) is 8.34. The predicted octanol–water partition coefficient (Wildman–Crippen LogP) is 4.16. The molecule has 0 saturated carbocycles. The SMILES string of the molecule is CCOc1ccccc1NC(=O)CSc1nnc(-c2cccs2)n1CC. The number of aromatic nitrogens is 3. The largest absolute Gasteiger partial charge is 0.492 e. The molecule has 2 heterocycles. The third-order valence-electron chi connectivity index (χ3n) is 3.57. The minimum atomic E-state index is -0.106. The van der Waals surface area contributed by atoms with Crippen LogP contribution < -0.4 is 10.1 Å². The van der Waals surface area contributed by atoms with Crippen molar-refractivity contribution in [2.75, 3.05) is 17.7 Å². The molecule has 0 unspecified atom stereocenters. The lowest BCUT2D eigenvalue weighted by Gasteiger charge is -2.11. The van der Waals surface area contributed by atoms with Gasteiger partial charge in [-0.15, -0.1) is 21.5 Å². The summed E-state index contributed by atoms with van der Waals surface area (Å²) in [6.07, 6.45) is 0. The normalized spacial score (nSPS) is 10.7. The van der Waals surface area contributed by atoms with Gasteiger partial charge in [0.25, 0.3) is 0 Å². The van der Waals surface area contributed by atoms with E-state index in [0.29, 0.717) is 18.0 Å². The fourth-order valence-electron chi connectivity index (χ4n) is 2.44. The van der Waals surface area contributed by atoms with E-state index in [1.807, 2.05) is 60.2 Å². The van der Waals surface area contributed by atoms with Crippen LogP contribution in [0.15, 0.2) is 46.9 Å². The summed E-state index contributed by atoms with van der Waals surface area (Å²) in [5.41, 5.74) is 0.677. The number of thioether (sulfide) groups is 1. The summed E-state index contributed by atoms with van der Waals surface area (Å²) < 4.78 is 7.56. The molecule has 1 aromatic carbocycles. The summed E-state index contributed by atoms with van der Waals surface area (Å²) in [5, 5.41) is 14.2. The second kappa shape index (κ2) is 8.86. The van der Waals surface area contributed by atoms with Gasteiger partial charge in [-0.3, -0.25) is 4.79 Å². The van der Waals surface area contributed by atoms with Gasteiger partial charge in [-0.25, -0.2) is 0 Å². The summed E-state index contributed by atoms with van der Waals surface area (Å²) in [6.45, 7) is 5.25. The third kappa shape index (κ3) is 4.25. The molecule has 26 heavy (non-hydrogen) atoms. The summed E-state index contributed by atoms with van der Waals surface area (Å²) in [7, 11) is 0. The highest BCUT2D eigenvalue weighted by Gasteiger charge is 2.15. The van der Waals surface area contributed by atoms with Crippen molar-refractivity contribution in [1.82, 2.24) is 14.8 Å². The molecular formula is C18H20N4O2S2. The van der Waals surface area contributed by atoms with Crippen LogP contribution in [0.4, 0.5) is 5.69 Å². The van der Waals surface area contributed by atoms with Gasteiger partial charge in [0.15, 0.2) is 11.0 Å². The Morgan fingerprint density at radius 2 is 2.08 bits per heavy atom. The van der Waals surface area contributed by atoms with E-state index in [-0.39, 0.29) is 11.7 Å². The zero-order valence-electron chi connectivity index (χ0n) is 14.6. The molecule has 1 amide bonds. The van der Waals surface area contributed by atoms with E-state index in [1.54, 1.807) is 11.3 Å². The van der Waals surface area contributed by atoms with Crippen molar-refractivity contribution in [3.63, 3.8) is 0 Å². The lowest BCUT2D eigenvalue weighted by Crippen LogP contribution is -2.15. The number of ether oxygens (including phenoxy) is 1. The molecule has 3 aromatic rings. The fourth-order valence-corrected chi connectivity index (χ4v) is 3.96. The number of rotatable bonds is 8. The number of nitrogens with one attached hydrogen (secondary N) is 1. The van der Waals surface area contributed by atoms with E-state index in [0.717, 1.165) is 22.4 Å². The average molecular weight is 389 g/mol. The van der Waals surface area contributed by atoms with Crippen molar-refractivity contribution < 1.29 is 9.53 Å². The summed E-state index contributed by atoms with van der Waals surface area (Å²) in [6, 6.07) is 11.4. The monoisotopic (exact) mass is 388 g/mol. The maximum atomic E-state index is 12.3. The lowest BCUT2D eigenvalue weighted by molar-refractivity contribution is -0.113. The predicted molar refractivity (Wildman–Crippen MR) is 106 cm³/mol. The van der Waals surface area contributed by atoms with Gasteiger partial charge in [0, 0.05) is 6.54 Å². The molecule has 136 valence electrons. The van der Waals surface area contributed by atoms with E-state index >= 15 is 0 Å². The van der Waals surface area contributed by atoms with Crippen molar-refractivity contribution >= 4 is 34.7 Å². The number of hydrogen-bond acceptors (Lipinski definition) is 6. The number of carbonyl (C=O) groups excluding carboxylic acids is 1. The summed E-state index contributed by atoms with van der Waals surface area (Å²) in [4.78, 5) is 13.4. The van der Waals surface area contributed by atoms with Crippen molar-refractivity contribution in [2.24, 2.45) is 0 Å². The molecule has 0 atom stereocenters. The molecule has 6 nitrogen and oxygen atoms in total. The molecule has 0 bridgehead atoms. The standard InChI is InChI=1S/C18H20N4O2S2/c1-3-22-17(15-10-7-11-25-15)20-21-18(22)26-12-16(23)19-13-8-5-6-9-14(13)24-4-2/h5-11H,3-4,12H2,1-2H3,(H,19,23). The Morgan fingerprint density at radius 3 is 2.81 bits per heavy atom.